The fourth-order valence-corrected chi connectivity index (χ4v) is 0. The molecule has 4 heteroatoms. The van der Waals surface area contributed by atoms with Gasteiger partial charge in [-0.25, -0.2) is 0 Å². The van der Waals surface area contributed by atoms with E-state index in [2.05, 4.69) is 0 Å². The van der Waals surface area contributed by atoms with Crippen molar-refractivity contribution in [1.29, 1.82) is 0 Å². The Morgan fingerprint density at radius 3 is 1.00 bits per heavy atom. The van der Waals surface area contributed by atoms with Gasteiger partial charge in [0.2, 0.25) is 0 Å². The Morgan fingerprint density at radius 1 is 1.00 bits per heavy atom. The van der Waals surface area contributed by atoms with Gasteiger partial charge in [0.15, 0.2) is 17.4 Å². The molecule has 0 saturated heterocycles. The van der Waals surface area contributed by atoms with Crippen molar-refractivity contribution >= 4 is 55.1 Å². The molecule has 0 aromatic carbocycles. The Hall–Kier alpha value is 2.83. The van der Waals surface area contributed by atoms with Gasteiger partial charge in [-0.2, -0.15) is 0 Å². The van der Waals surface area contributed by atoms with Gasteiger partial charge >= 0.3 is 37.7 Å². The van der Waals surface area contributed by atoms with E-state index >= 15 is 0 Å². The molecule has 0 heterocycles. The van der Waals surface area contributed by atoms with Crippen molar-refractivity contribution in [2.75, 3.05) is 0 Å². The third kappa shape index (κ3) is 8.85. The van der Waals surface area contributed by atoms with Crippen molar-refractivity contribution in [1.82, 2.24) is 0 Å². The zero-order valence-electron chi connectivity index (χ0n) is 0.732. The zero-order chi connectivity index (χ0) is 0. The van der Waals surface area contributed by atoms with Crippen LogP contribution in [0.15, 0.2) is 0 Å². The topological polar surface area (TPSA) is 0 Å². The average Bonchev–Trinajstić information content (AvgIpc) is 0. The normalized spacial score (nSPS) is 0. The van der Waals surface area contributed by atoms with E-state index in [4.69, 9.17) is 0 Å². The average molecular weight is 183 g/mol. The molecule has 0 aromatic rings. The Labute approximate surface area is 87.5 Å². The molecule has 4 heavy (non-hydrogen) atoms. The van der Waals surface area contributed by atoms with E-state index in [1.54, 1.807) is 0 Å². The first-order valence-corrected chi connectivity index (χ1v) is 0. The van der Waals surface area contributed by atoms with Crippen LogP contribution in [0.4, 0.5) is 0 Å². The standard InChI is InChI=1S/Al.Ca.Fe.Mn.5H. The van der Waals surface area contributed by atoms with Crippen molar-refractivity contribution in [3.8, 4) is 0 Å². The molecule has 0 unspecified atom stereocenters. The molecule has 0 N–H and O–H groups in total. The molecule has 0 aliphatic rings. The van der Waals surface area contributed by atoms with Crippen molar-refractivity contribution in [3.63, 3.8) is 0 Å². The van der Waals surface area contributed by atoms with Gasteiger partial charge in [0.05, 0.1) is 0 Å². The van der Waals surface area contributed by atoms with Crippen molar-refractivity contribution in [2.45, 2.75) is 0 Å². The van der Waals surface area contributed by atoms with Crippen LogP contribution in [0.1, 0.15) is 0 Å². The fraction of sp³-hybridized carbons (Fsp3) is 0. The third-order valence-corrected chi connectivity index (χ3v) is 0. The van der Waals surface area contributed by atoms with Crippen LogP contribution in [0.25, 0.3) is 0 Å². The van der Waals surface area contributed by atoms with E-state index in [1.165, 1.54) is 0 Å². The van der Waals surface area contributed by atoms with E-state index in [0.717, 1.165) is 0 Å². The quantitative estimate of drug-likeness (QED) is 0.377. The maximum Gasteiger partial charge on any atom is 0 e. The molecule has 0 spiro atoms. The van der Waals surface area contributed by atoms with Gasteiger partial charge in [0.25, 0.3) is 0 Å². The summed E-state index contributed by atoms with van der Waals surface area (Å²) in [5.41, 5.74) is 0. The van der Waals surface area contributed by atoms with Crippen LogP contribution in [-0.2, 0) is 34.1 Å². The van der Waals surface area contributed by atoms with Gasteiger partial charge in [0, 0.05) is 34.1 Å². The van der Waals surface area contributed by atoms with Crippen LogP contribution in [0, 0.1) is 0 Å². The monoisotopic (exact) mass is 183 g/mol. The van der Waals surface area contributed by atoms with Crippen molar-refractivity contribution < 1.29 is 34.1 Å². The Bertz CT molecular complexity index is 8.00. The van der Waals surface area contributed by atoms with Gasteiger partial charge in [-0.1, -0.05) is 0 Å². The molecule has 0 atom stereocenters. The van der Waals surface area contributed by atoms with Gasteiger partial charge in [-0.05, 0) is 0 Å². The second kappa shape index (κ2) is 17.0. The van der Waals surface area contributed by atoms with Gasteiger partial charge in [0.1, 0.15) is 0 Å². The van der Waals surface area contributed by atoms with Crippen molar-refractivity contribution in [3.05, 3.63) is 0 Å². The molecule has 0 amide bonds. The van der Waals surface area contributed by atoms with Crippen LogP contribution in [0.3, 0.4) is 0 Å². The molecule has 25 valence electrons. The number of rotatable bonds is 0. The molecule has 0 fully saturated rings. The maximum atomic E-state index is 0. The minimum atomic E-state index is 0. The Morgan fingerprint density at radius 2 is 1.00 bits per heavy atom. The second-order valence-electron chi connectivity index (χ2n) is 0. The van der Waals surface area contributed by atoms with Gasteiger partial charge in [-0.15, -0.1) is 0 Å². The van der Waals surface area contributed by atoms with Crippen molar-refractivity contribution in [2.24, 2.45) is 0 Å². The fourth-order valence-electron chi connectivity index (χ4n) is 0. The SMILES string of the molecule is [AlH3].[CaH2].[Fe].[Mn]. The number of hydrogen-bond acceptors (Lipinski definition) is 0. The predicted octanol–water partition coefficient (Wildman–Crippen LogP) is -2.11. The summed E-state index contributed by atoms with van der Waals surface area (Å²) in [6.07, 6.45) is 0. The summed E-state index contributed by atoms with van der Waals surface area (Å²) in [7, 11) is 0. The van der Waals surface area contributed by atoms with Crippen LogP contribution in [0.5, 0.6) is 0 Å². The summed E-state index contributed by atoms with van der Waals surface area (Å²) >= 11 is 0. The van der Waals surface area contributed by atoms with E-state index in [1.807, 2.05) is 0 Å². The molecular weight excluding hydrogens is 178 g/mol. The molecule has 0 aliphatic heterocycles. The first-order chi connectivity index (χ1) is 0. The Kier molecular flexibility index (Phi) is 123. The third-order valence-electron chi connectivity index (χ3n) is 0. The predicted molar refractivity (Wildman–Crippen MR) is 18.5 cm³/mol. The summed E-state index contributed by atoms with van der Waals surface area (Å²) in [6, 6.07) is 0. The molecule has 0 bridgehead atoms. The molecule has 0 saturated carbocycles. The summed E-state index contributed by atoms with van der Waals surface area (Å²) in [5, 5.41) is 0. The summed E-state index contributed by atoms with van der Waals surface area (Å²) < 4.78 is 0. The van der Waals surface area contributed by atoms with E-state index in [0.29, 0.717) is 0 Å². The van der Waals surface area contributed by atoms with Gasteiger partial charge in [-0.3, -0.25) is 0 Å². The first-order valence-electron chi connectivity index (χ1n) is 0. The second-order valence-corrected chi connectivity index (χ2v) is 0. The molecular formula is H5AlCaFeMn. The minimum absolute atomic E-state index is 0. The maximum absolute atomic E-state index is 0. The van der Waals surface area contributed by atoms with E-state index in [-0.39, 0.29) is 89.2 Å². The van der Waals surface area contributed by atoms with Crippen LogP contribution >= 0.6 is 0 Å². The van der Waals surface area contributed by atoms with Crippen LogP contribution in [0.2, 0.25) is 0 Å². The van der Waals surface area contributed by atoms with Gasteiger partial charge < -0.3 is 0 Å². The van der Waals surface area contributed by atoms with Crippen LogP contribution < -0.4 is 0 Å². The van der Waals surface area contributed by atoms with E-state index < -0.39 is 0 Å². The van der Waals surface area contributed by atoms with E-state index in [9.17, 15) is 0 Å². The largest absolute Gasteiger partial charge is 0 e. The minimum Gasteiger partial charge on any atom is 0 e. The summed E-state index contributed by atoms with van der Waals surface area (Å²) in [5.74, 6) is 0. The summed E-state index contributed by atoms with van der Waals surface area (Å²) in [4.78, 5) is 0. The zero-order valence-corrected chi connectivity index (χ0v) is 3.02. The molecule has 0 nitrogen and oxygen atoms in total. The molecule has 0 aromatic heterocycles. The smallest absolute Gasteiger partial charge is 0 e. The number of hydrogen-bond donors (Lipinski definition) is 0. The van der Waals surface area contributed by atoms with Crippen LogP contribution in [-0.4, -0.2) is 55.1 Å². The Balaban J connectivity index is 0. The first kappa shape index (κ1) is 29.0. The summed E-state index contributed by atoms with van der Waals surface area (Å²) in [6.45, 7) is 0. The molecule has 1 radical (unpaired) electrons. The molecule has 0 aliphatic carbocycles. The molecule has 0 rings (SSSR count).